The van der Waals surface area contributed by atoms with E-state index in [9.17, 15) is 14.0 Å². The summed E-state index contributed by atoms with van der Waals surface area (Å²) >= 11 is 1.18. The summed E-state index contributed by atoms with van der Waals surface area (Å²) in [5.74, 6) is -0.305. The van der Waals surface area contributed by atoms with Gasteiger partial charge in [-0.1, -0.05) is 30.0 Å². The average molecular weight is 359 g/mol. The molecule has 0 atom stereocenters. The molecule has 0 aliphatic carbocycles. The summed E-state index contributed by atoms with van der Waals surface area (Å²) in [5.41, 5.74) is -0.389. The molecule has 0 unspecified atom stereocenters. The third kappa shape index (κ3) is 2.85. The molecule has 0 N–H and O–H groups in total. The van der Waals surface area contributed by atoms with E-state index in [2.05, 4.69) is 4.98 Å². The Morgan fingerprint density at radius 1 is 1.24 bits per heavy atom. The second kappa shape index (κ2) is 6.57. The Balaban J connectivity index is 2.23. The zero-order chi connectivity index (χ0) is 18.1. The number of hydrogen-bond acceptors (Lipinski definition) is 5. The van der Waals surface area contributed by atoms with Crippen LogP contribution < -0.4 is 11.2 Å². The highest BCUT2D eigenvalue weighted by molar-refractivity contribution is 7.99. The van der Waals surface area contributed by atoms with E-state index in [1.54, 1.807) is 23.7 Å². The van der Waals surface area contributed by atoms with Crippen LogP contribution in [0.3, 0.4) is 0 Å². The number of aromatic nitrogens is 4. The van der Waals surface area contributed by atoms with E-state index >= 15 is 0 Å². The molecule has 0 fully saturated rings. The minimum Gasteiger partial charge on any atom is -0.316 e. The molecular formula is C16H14FN5O2S. The smallest absolute Gasteiger partial charge is 0.316 e. The SMILES string of the molecule is Cn1c(SCC#N)nc2c1c(=O)n(Cc1ccccc1F)c(=O)n2C. The molecule has 0 radical (unpaired) electrons. The van der Waals surface area contributed by atoms with Crippen LogP contribution in [-0.4, -0.2) is 24.4 Å². The fourth-order valence-electron chi connectivity index (χ4n) is 2.59. The van der Waals surface area contributed by atoms with Gasteiger partial charge < -0.3 is 4.57 Å². The summed E-state index contributed by atoms with van der Waals surface area (Å²) in [4.78, 5) is 29.7. The molecule has 7 nitrogen and oxygen atoms in total. The van der Waals surface area contributed by atoms with Gasteiger partial charge in [0.1, 0.15) is 5.82 Å². The quantitative estimate of drug-likeness (QED) is 0.654. The zero-order valence-electron chi connectivity index (χ0n) is 13.6. The molecule has 0 spiro atoms. The Morgan fingerprint density at radius 3 is 2.64 bits per heavy atom. The van der Waals surface area contributed by atoms with Crippen LogP contribution in [-0.2, 0) is 20.6 Å². The summed E-state index contributed by atoms with van der Waals surface area (Å²) in [7, 11) is 3.15. The van der Waals surface area contributed by atoms with Gasteiger partial charge in [-0.2, -0.15) is 5.26 Å². The van der Waals surface area contributed by atoms with Crippen molar-refractivity contribution in [2.45, 2.75) is 11.7 Å². The van der Waals surface area contributed by atoms with Crippen molar-refractivity contribution in [2.24, 2.45) is 14.1 Å². The highest BCUT2D eigenvalue weighted by Gasteiger charge is 2.19. The standard InChI is InChI=1S/C16H14FN5O2S/c1-20-12-13(19-15(20)25-8-7-18)21(2)16(24)22(14(12)23)9-10-5-3-4-6-11(10)17/h3-6H,8-9H2,1-2H3. The fraction of sp³-hybridized carbons (Fsp3) is 0.250. The van der Waals surface area contributed by atoms with Crippen LogP contribution in [0.2, 0.25) is 0 Å². The molecular weight excluding hydrogens is 345 g/mol. The molecule has 9 heteroatoms. The maximum atomic E-state index is 13.9. The molecule has 0 aliphatic rings. The van der Waals surface area contributed by atoms with Crippen LogP contribution in [0.15, 0.2) is 39.0 Å². The van der Waals surface area contributed by atoms with E-state index in [0.29, 0.717) is 5.16 Å². The van der Waals surface area contributed by atoms with Crippen molar-refractivity contribution in [2.75, 3.05) is 5.75 Å². The summed E-state index contributed by atoms with van der Waals surface area (Å²) < 4.78 is 17.7. The van der Waals surface area contributed by atoms with Gasteiger partial charge in [0.25, 0.3) is 5.56 Å². The lowest BCUT2D eigenvalue weighted by molar-refractivity contribution is 0.582. The minimum atomic E-state index is -0.573. The van der Waals surface area contributed by atoms with E-state index in [-0.39, 0.29) is 29.0 Å². The molecule has 0 bridgehead atoms. The van der Waals surface area contributed by atoms with E-state index in [4.69, 9.17) is 5.26 Å². The second-order valence-corrected chi connectivity index (χ2v) is 6.34. The summed E-state index contributed by atoms with van der Waals surface area (Å²) in [6.07, 6.45) is 0. The highest BCUT2D eigenvalue weighted by Crippen LogP contribution is 2.19. The van der Waals surface area contributed by atoms with E-state index in [0.717, 1.165) is 4.57 Å². The van der Waals surface area contributed by atoms with Crippen molar-refractivity contribution >= 4 is 22.9 Å². The lowest BCUT2D eigenvalue weighted by Crippen LogP contribution is -2.40. The Kier molecular flexibility index (Phi) is 4.46. The number of imidazole rings is 1. The Bertz CT molecular complexity index is 1120. The molecule has 2 aromatic heterocycles. The van der Waals surface area contributed by atoms with Crippen molar-refractivity contribution < 1.29 is 4.39 Å². The van der Waals surface area contributed by atoms with Gasteiger partial charge >= 0.3 is 5.69 Å². The number of fused-ring (bicyclic) bond motifs is 1. The summed E-state index contributed by atoms with van der Waals surface area (Å²) in [6, 6.07) is 8.00. The lowest BCUT2D eigenvalue weighted by Gasteiger charge is -2.09. The van der Waals surface area contributed by atoms with Crippen LogP contribution in [0.5, 0.6) is 0 Å². The average Bonchev–Trinajstić information content (AvgIpc) is 2.93. The molecule has 0 aliphatic heterocycles. The largest absolute Gasteiger partial charge is 0.332 e. The highest BCUT2D eigenvalue weighted by atomic mass is 32.2. The maximum absolute atomic E-state index is 13.9. The van der Waals surface area contributed by atoms with Crippen molar-refractivity contribution in [1.29, 1.82) is 5.26 Å². The first-order valence-electron chi connectivity index (χ1n) is 7.35. The maximum Gasteiger partial charge on any atom is 0.332 e. The summed E-state index contributed by atoms with van der Waals surface area (Å²) in [5, 5.41) is 9.18. The van der Waals surface area contributed by atoms with Gasteiger partial charge in [-0.3, -0.25) is 13.9 Å². The molecule has 3 rings (SSSR count). The van der Waals surface area contributed by atoms with Crippen LogP contribution >= 0.6 is 11.8 Å². The normalized spacial score (nSPS) is 11.0. The molecule has 1 aromatic carbocycles. The van der Waals surface area contributed by atoms with Gasteiger partial charge in [0.15, 0.2) is 16.3 Å². The first-order valence-corrected chi connectivity index (χ1v) is 8.33. The van der Waals surface area contributed by atoms with Gasteiger partial charge in [-0.25, -0.2) is 14.2 Å². The number of aryl methyl sites for hydroxylation is 2. The van der Waals surface area contributed by atoms with Crippen LogP contribution in [0.4, 0.5) is 4.39 Å². The van der Waals surface area contributed by atoms with Gasteiger partial charge in [0, 0.05) is 19.7 Å². The van der Waals surface area contributed by atoms with Gasteiger partial charge in [0.2, 0.25) is 0 Å². The Morgan fingerprint density at radius 2 is 1.96 bits per heavy atom. The van der Waals surface area contributed by atoms with Gasteiger partial charge in [0.05, 0.1) is 18.4 Å². The summed E-state index contributed by atoms with van der Waals surface area (Å²) in [6.45, 7) is -0.167. The zero-order valence-corrected chi connectivity index (χ0v) is 14.4. The number of rotatable bonds is 4. The van der Waals surface area contributed by atoms with E-state index in [1.807, 2.05) is 6.07 Å². The minimum absolute atomic E-state index is 0.167. The number of nitriles is 1. The molecule has 3 aromatic rings. The van der Waals surface area contributed by atoms with Crippen molar-refractivity contribution in [3.63, 3.8) is 0 Å². The van der Waals surface area contributed by atoms with Gasteiger partial charge in [-0.05, 0) is 6.07 Å². The number of benzene rings is 1. The Hall–Kier alpha value is -2.86. The number of nitrogens with zero attached hydrogens (tertiary/aromatic N) is 5. The van der Waals surface area contributed by atoms with Crippen molar-refractivity contribution in [3.05, 3.63) is 56.5 Å². The first-order chi connectivity index (χ1) is 12.0. The van der Waals surface area contributed by atoms with Crippen LogP contribution in [0.1, 0.15) is 5.56 Å². The van der Waals surface area contributed by atoms with Crippen LogP contribution in [0, 0.1) is 17.1 Å². The predicted molar refractivity (Wildman–Crippen MR) is 92.1 cm³/mol. The monoisotopic (exact) mass is 359 g/mol. The van der Waals surface area contributed by atoms with Crippen LogP contribution in [0.25, 0.3) is 11.2 Å². The molecule has 128 valence electrons. The van der Waals surface area contributed by atoms with E-state index in [1.165, 1.54) is 35.5 Å². The van der Waals surface area contributed by atoms with E-state index < -0.39 is 17.1 Å². The molecule has 0 saturated carbocycles. The predicted octanol–water partition coefficient (Wildman–Crippen LogP) is 1.24. The molecule has 0 amide bonds. The van der Waals surface area contributed by atoms with Crippen molar-refractivity contribution in [3.8, 4) is 6.07 Å². The molecule has 25 heavy (non-hydrogen) atoms. The first kappa shape index (κ1) is 17.0. The Labute approximate surface area is 145 Å². The number of halogens is 1. The lowest BCUT2D eigenvalue weighted by atomic mass is 10.2. The third-order valence-corrected chi connectivity index (χ3v) is 4.77. The topological polar surface area (TPSA) is 85.6 Å². The molecule has 0 saturated heterocycles. The fourth-order valence-corrected chi connectivity index (χ4v) is 3.22. The number of thioether (sulfide) groups is 1. The molecule has 2 heterocycles. The second-order valence-electron chi connectivity index (χ2n) is 5.40. The van der Waals surface area contributed by atoms with Gasteiger partial charge in [-0.15, -0.1) is 0 Å². The number of hydrogen-bond donors (Lipinski definition) is 0. The third-order valence-electron chi connectivity index (χ3n) is 3.87. The van der Waals surface area contributed by atoms with Crippen molar-refractivity contribution in [1.82, 2.24) is 18.7 Å².